The summed E-state index contributed by atoms with van der Waals surface area (Å²) in [6, 6.07) is 14.9. The molecule has 6 heteroatoms. The Bertz CT molecular complexity index is 806. The van der Waals surface area contributed by atoms with Gasteiger partial charge < -0.3 is 4.90 Å². The summed E-state index contributed by atoms with van der Waals surface area (Å²) in [6.45, 7) is 3.70. The molecule has 1 heterocycles. The molecule has 0 bridgehead atoms. The zero-order valence-corrected chi connectivity index (χ0v) is 15.1. The van der Waals surface area contributed by atoms with Crippen LogP contribution < -0.4 is 0 Å². The van der Waals surface area contributed by atoms with Gasteiger partial charge >= 0.3 is 0 Å². The molecule has 0 radical (unpaired) electrons. The van der Waals surface area contributed by atoms with Crippen LogP contribution in [0.5, 0.6) is 0 Å². The van der Waals surface area contributed by atoms with Crippen molar-refractivity contribution in [1.82, 2.24) is 9.80 Å². The molecule has 2 aromatic carbocycles. The Kier molecular flexibility index (Phi) is 5.60. The summed E-state index contributed by atoms with van der Waals surface area (Å²) < 4.78 is 0. The Morgan fingerprint density at radius 3 is 2.36 bits per heavy atom. The van der Waals surface area contributed by atoms with Crippen LogP contribution in [-0.4, -0.2) is 41.9 Å². The first-order chi connectivity index (χ1) is 12.1. The van der Waals surface area contributed by atoms with Gasteiger partial charge in [-0.05, 0) is 29.8 Å². The summed E-state index contributed by atoms with van der Waals surface area (Å²) in [7, 11) is 0. The zero-order chi connectivity index (χ0) is 17.8. The fourth-order valence-corrected chi connectivity index (χ4v) is 3.27. The van der Waals surface area contributed by atoms with E-state index in [1.54, 1.807) is 18.2 Å². The highest BCUT2D eigenvalue weighted by atomic mass is 35.5. The van der Waals surface area contributed by atoms with Gasteiger partial charge in [0, 0.05) is 32.7 Å². The molecule has 1 aliphatic heterocycles. The average Bonchev–Trinajstić information content (AvgIpc) is 2.65. The summed E-state index contributed by atoms with van der Waals surface area (Å²) in [4.78, 5) is 16.8. The molecule has 1 saturated heterocycles. The fraction of sp³-hybridized carbons (Fsp3) is 0.263. The van der Waals surface area contributed by atoms with Crippen molar-refractivity contribution >= 4 is 29.1 Å². The topological polar surface area (TPSA) is 47.3 Å². The van der Waals surface area contributed by atoms with E-state index in [1.807, 2.05) is 29.2 Å². The smallest absolute Gasteiger partial charge is 0.255 e. The molecule has 0 aromatic heterocycles. The predicted octanol–water partition coefficient (Wildman–Crippen LogP) is 3.82. The molecule has 0 atom stereocenters. The lowest BCUT2D eigenvalue weighted by molar-refractivity contribution is 0.0628. The molecule has 3 rings (SSSR count). The van der Waals surface area contributed by atoms with Gasteiger partial charge in [-0.2, -0.15) is 5.26 Å². The van der Waals surface area contributed by atoms with E-state index in [0.717, 1.165) is 25.2 Å². The standard InChI is InChI=1S/C19H17Cl2N3O/c20-17-3-1-2-16(18(17)21)19(25)24-10-8-23(9-11-24)13-15-6-4-14(12-22)5-7-15/h1-7H,8-11,13H2. The summed E-state index contributed by atoms with van der Waals surface area (Å²) in [5, 5.41) is 9.56. The maximum Gasteiger partial charge on any atom is 0.255 e. The maximum absolute atomic E-state index is 12.6. The molecule has 0 unspecified atom stereocenters. The van der Waals surface area contributed by atoms with Gasteiger partial charge in [0.2, 0.25) is 0 Å². The third-order valence-corrected chi connectivity index (χ3v) is 5.15. The molecule has 25 heavy (non-hydrogen) atoms. The minimum atomic E-state index is -0.0782. The molecule has 0 N–H and O–H groups in total. The molecule has 4 nitrogen and oxygen atoms in total. The van der Waals surface area contributed by atoms with Gasteiger partial charge in [-0.15, -0.1) is 0 Å². The first-order valence-electron chi connectivity index (χ1n) is 8.03. The molecule has 1 aliphatic rings. The minimum Gasteiger partial charge on any atom is -0.336 e. The summed E-state index contributed by atoms with van der Waals surface area (Å²) in [5.41, 5.74) is 2.28. The lowest BCUT2D eigenvalue weighted by Gasteiger charge is -2.35. The number of hydrogen-bond acceptors (Lipinski definition) is 3. The van der Waals surface area contributed by atoms with E-state index in [2.05, 4.69) is 11.0 Å². The lowest BCUT2D eigenvalue weighted by Crippen LogP contribution is -2.48. The van der Waals surface area contributed by atoms with Crippen molar-refractivity contribution in [3.8, 4) is 6.07 Å². The number of rotatable bonds is 3. The highest BCUT2D eigenvalue weighted by Gasteiger charge is 2.24. The fourth-order valence-electron chi connectivity index (χ4n) is 2.89. The van der Waals surface area contributed by atoms with Crippen LogP contribution in [0.3, 0.4) is 0 Å². The lowest BCUT2D eigenvalue weighted by atomic mass is 10.1. The maximum atomic E-state index is 12.6. The second-order valence-electron chi connectivity index (χ2n) is 5.98. The SMILES string of the molecule is N#Cc1ccc(CN2CCN(C(=O)c3cccc(Cl)c3Cl)CC2)cc1. The van der Waals surface area contributed by atoms with E-state index >= 15 is 0 Å². The van der Waals surface area contributed by atoms with E-state index < -0.39 is 0 Å². The van der Waals surface area contributed by atoms with Crippen LogP contribution in [0.15, 0.2) is 42.5 Å². The highest BCUT2D eigenvalue weighted by molar-refractivity contribution is 6.43. The van der Waals surface area contributed by atoms with Gasteiger partial charge in [0.15, 0.2) is 0 Å². The first-order valence-corrected chi connectivity index (χ1v) is 8.79. The second kappa shape index (κ2) is 7.88. The largest absolute Gasteiger partial charge is 0.336 e. The highest BCUT2D eigenvalue weighted by Crippen LogP contribution is 2.26. The number of piperazine rings is 1. The second-order valence-corrected chi connectivity index (χ2v) is 6.76. The van der Waals surface area contributed by atoms with Gasteiger partial charge in [0.1, 0.15) is 0 Å². The first kappa shape index (κ1) is 17.8. The number of benzene rings is 2. The average molecular weight is 374 g/mol. The van der Waals surface area contributed by atoms with Crippen LogP contribution in [0.2, 0.25) is 10.0 Å². The Morgan fingerprint density at radius 1 is 1.04 bits per heavy atom. The Balaban J connectivity index is 1.58. The van der Waals surface area contributed by atoms with Gasteiger partial charge in [0.25, 0.3) is 5.91 Å². The molecule has 1 amide bonds. The molecule has 1 fully saturated rings. The van der Waals surface area contributed by atoms with Gasteiger partial charge in [-0.1, -0.05) is 41.4 Å². The van der Waals surface area contributed by atoms with Crippen molar-refractivity contribution in [2.45, 2.75) is 6.54 Å². The van der Waals surface area contributed by atoms with Crippen LogP contribution in [0, 0.1) is 11.3 Å². The molecule has 0 aliphatic carbocycles. The summed E-state index contributed by atoms with van der Waals surface area (Å²) >= 11 is 12.2. The van der Waals surface area contributed by atoms with Crippen molar-refractivity contribution in [2.75, 3.05) is 26.2 Å². The van der Waals surface area contributed by atoms with Crippen LogP contribution in [-0.2, 0) is 6.54 Å². The van der Waals surface area contributed by atoms with Gasteiger partial charge in [-0.3, -0.25) is 9.69 Å². The molecular weight excluding hydrogens is 357 g/mol. The van der Waals surface area contributed by atoms with E-state index in [-0.39, 0.29) is 5.91 Å². The van der Waals surface area contributed by atoms with E-state index in [4.69, 9.17) is 28.5 Å². The van der Waals surface area contributed by atoms with E-state index in [1.165, 1.54) is 0 Å². The quantitative estimate of drug-likeness (QED) is 0.821. The minimum absolute atomic E-state index is 0.0782. The predicted molar refractivity (Wildman–Crippen MR) is 98.8 cm³/mol. The summed E-state index contributed by atoms with van der Waals surface area (Å²) in [6.07, 6.45) is 0. The van der Waals surface area contributed by atoms with Gasteiger partial charge in [0.05, 0.1) is 27.2 Å². The number of carbonyl (C=O) groups excluding carboxylic acids is 1. The molecular formula is C19H17Cl2N3O. The molecule has 0 spiro atoms. The third kappa shape index (κ3) is 4.13. The van der Waals surface area contributed by atoms with Crippen LogP contribution >= 0.6 is 23.2 Å². The third-order valence-electron chi connectivity index (χ3n) is 4.33. The van der Waals surface area contributed by atoms with E-state index in [0.29, 0.717) is 34.3 Å². The number of amides is 1. The number of hydrogen-bond donors (Lipinski definition) is 0. The van der Waals surface area contributed by atoms with Crippen molar-refractivity contribution in [3.63, 3.8) is 0 Å². The van der Waals surface area contributed by atoms with Crippen molar-refractivity contribution in [1.29, 1.82) is 5.26 Å². The van der Waals surface area contributed by atoms with Crippen LogP contribution in [0.1, 0.15) is 21.5 Å². The Hall–Kier alpha value is -2.06. The van der Waals surface area contributed by atoms with Crippen LogP contribution in [0.4, 0.5) is 0 Å². The number of carbonyl (C=O) groups is 1. The van der Waals surface area contributed by atoms with Crippen molar-refractivity contribution in [2.24, 2.45) is 0 Å². The van der Waals surface area contributed by atoms with Crippen molar-refractivity contribution in [3.05, 3.63) is 69.2 Å². The van der Waals surface area contributed by atoms with E-state index in [9.17, 15) is 4.79 Å². The number of halogens is 2. The Morgan fingerprint density at radius 2 is 1.72 bits per heavy atom. The Labute approximate surface area is 157 Å². The molecule has 128 valence electrons. The normalized spacial score (nSPS) is 15.0. The van der Waals surface area contributed by atoms with Crippen LogP contribution in [0.25, 0.3) is 0 Å². The molecule has 2 aromatic rings. The van der Waals surface area contributed by atoms with Crippen molar-refractivity contribution < 1.29 is 4.79 Å². The molecule has 0 saturated carbocycles. The number of nitrogens with zero attached hydrogens (tertiary/aromatic N) is 3. The zero-order valence-electron chi connectivity index (χ0n) is 13.6. The monoisotopic (exact) mass is 373 g/mol. The summed E-state index contributed by atoms with van der Waals surface area (Å²) in [5.74, 6) is -0.0782. The van der Waals surface area contributed by atoms with Gasteiger partial charge in [-0.25, -0.2) is 0 Å². The number of nitriles is 1.